The molecule has 1 aromatic rings. The molecule has 0 saturated carbocycles. The van der Waals surface area contributed by atoms with Gasteiger partial charge in [-0.1, -0.05) is 41.4 Å². The third kappa shape index (κ3) is 4.13. The van der Waals surface area contributed by atoms with Crippen molar-refractivity contribution >= 4 is 27.5 Å². The van der Waals surface area contributed by atoms with Crippen LogP contribution in [0.1, 0.15) is 38.4 Å². The highest BCUT2D eigenvalue weighted by Crippen LogP contribution is 2.29. The number of aliphatic hydroxyl groups excluding tert-OH is 1. The molecule has 1 N–H and O–H groups in total. The van der Waals surface area contributed by atoms with Crippen LogP contribution in [0.4, 0.5) is 0 Å². The molecule has 0 radical (unpaired) electrons. The second-order valence-corrected chi connectivity index (χ2v) is 5.48. The van der Waals surface area contributed by atoms with Crippen LogP contribution in [0.15, 0.2) is 22.7 Å². The van der Waals surface area contributed by atoms with Crippen LogP contribution in [-0.4, -0.2) is 5.11 Å². The van der Waals surface area contributed by atoms with Gasteiger partial charge in [0.1, 0.15) is 0 Å². The average Bonchev–Trinajstić information content (AvgIpc) is 2.18. The van der Waals surface area contributed by atoms with Crippen LogP contribution < -0.4 is 0 Å². The van der Waals surface area contributed by atoms with Crippen LogP contribution in [0.2, 0.25) is 5.02 Å². The lowest BCUT2D eigenvalue weighted by Gasteiger charge is -2.14. The molecule has 0 saturated heterocycles. The molecule has 1 nitrogen and oxygen atoms in total. The number of rotatable bonds is 4. The lowest BCUT2D eigenvalue weighted by Crippen LogP contribution is -2.00. The van der Waals surface area contributed by atoms with Gasteiger partial charge in [-0.2, -0.15) is 0 Å². The Kier molecular flexibility index (Phi) is 5.10. The molecule has 3 heteroatoms. The number of hydrogen-bond acceptors (Lipinski definition) is 1. The Balaban J connectivity index is 2.72. The maximum Gasteiger partial charge on any atom is 0.0804 e. The van der Waals surface area contributed by atoms with Crippen molar-refractivity contribution in [2.75, 3.05) is 0 Å². The van der Waals surface area contributed by atoms with Gasteiger partial charge in [-0.3, -0.25) is 0 Å². The molecule has 0 amide bonds. The lowest BCUT2D eigenvalue weighted by atomic mass is 10.00. The molecule has 15 heavy (non-hydrogen) atoms. The summed E-state index contributed by atoms with van der Waals surface area (Å²) in [7, 11) is 0. The summed E-state index contributed by atoms with van der Waals surface area (Å²) in [6.07, 6.45) is 1.30. The van der Waals surface area contributed by atoms with Crippen molar-refractivity contribution in [1.29, 1.82) is 0 Å². The lowest BCUT2D eigenvalue weighted by molar-refractivity contribution is 0.159. The number of halogens is 2. The van der Waals surface area contributed by atoms with Gasteiger partial charge in [-0.05, 0) is 37.0 Å². The normalized spacial score (nSPS) is 13.2. The van der Waals surface area contributed by atoms with E-state index in [0.717, 1.165) is 22.9 Å². The zero-order valence-electron chi connectivity index (χ0n) is 9.00. The highest BCUT2D eigenvalue weighted by Gasteiger charge is 2.12. The highest BCUT2D eigenvalue weighted by atomic mass is 79.9. The van der Waals surface area contributed by atoms with Gasteiger partial charge in [0.05, 0.1) is 6.10 Å². The molecule has 1 aromatic carbocycles. The Bertz CT molecular complexity index is 325. The zero-order chi connectivity index (χ0) is 11.4. The molecule has 1 rings (SSSR count). The SMILES string of the molecule is CC(C)CCC(O)c1cc(Br)ccc1Cl. The first-order valence-electron chi connectivity index (χ1n) is 5.13. The van der Waals surface area contributed by atoms with Gasteiger partial charge < -0.3 is 5.11 Å². The van der Waals surface area contributed by atoms with Crippen molar-refractivity contribution in [2.45, 2.75) is 32.8 Å². The zero-order valence-corrected chi connectivity index (χ0v) is 11.3. The summed E-state index contributed by atoms with van der Waals surface area (Å²) in [5, 5.41) is 10.6. The molecule has 0 heterocycles. The molecule has 0 fully saturated rings. The fraction of sp³-hybridized carbons (Fsp3) is 0.500. The van der Waals surface area contributed by atoms with Gasteiger partial charge in [0.15, 0.2) is 0 Å². The van der Waals surface area contributed by atoms with E-state index in [9.17, 15) is 5.11 Å². The minimum Gasteiger partial charge on any atom is -0.388 e. The maximum absolute atomic E-state index is 9.97. The van der Waals surface area contributed by atoms with E-state index in [4.69, 9.17) is 11.6 Å². The number of aliphatic hydroxyl groups is 1. The second kappa shape index (κ2) is 5.88. The van der Waals surface area contributed by atoms with Gasteiger partial charge in [0.2, 0.25) is 0 Å². The molecule has 1 unspecified atom stereocenters. The minimum atomic E-state index is -0.461. The van der Waals surface area contributed by atoms with Crippen molar-refractivity contribution in [3.63, 3.8) is 0 Å². The van der Waals surface area contributed by atoms with Gasteiger partial charge in [-0.25, -0.2) is 0 Å². The van der Waals surface area contributed by atoms with Crippen molar-refractivity contribution < 1.29 is 5.11 Å². The third-order valence-electron chi connectivity index (χ3n) is 2.33. The van der Waals surface area contributed by atoms with Crippen LogP contribution in [0, 0.1) is 5.92 Å². The van der Waals surface area contributed by atoms with E-state index in [-0.39, 0.29) is 0 Å². The largest absolute Gasteiger partial charge is 0.388 e. The van der Waals surface area contributed by atoms with Crippen LogP contribution in [0.25, 0.3) is 0 Å². The molecular formula is C12H16BrClO. The van der Waals surface area contributed by atoms with E-state index in [2.05, 4.69) is 29.8 Å². The summed E-state index contributed by atoms with van der Waals surface area (Å²) in [5.74, 6) is 0.602. The predicted octanol–water partition coefficient (Wildman–Crippen LogP) is 4.57. The van der Waals surface area contributed by atoms with E-state index in [1.54, 1.807) is 6.07 Å². The van der Waals surface area contributed by atoms with Crippen molar-refractivity contribution in [3.05, 3.63) is 33.3 Å². The van der Waals surface area contributed by atoms with Crippen LogP contribution in [-0.2, 0) is 0 Å². The standard InChI is InChI=1S/C12H16BrClO/c1-8(2)3-6-12(15)10-7-9(13)4-5-11(10)14/h4-5,7-8,12,15H,3,6H2,1-2H3. The summed E-state index contributed by atoms with van der Waals surface area (Å²) in [6.45, 7) is 4.30. The smallest absolute Gasteiger partial charge is 0.0804 e. The fourth-order valence-electron chi connectivity index (χ4n) is 1.42. The van der Waals surface area contributed by atoms with E-state index in [1.807, 2.05) is 12.1 Å². The minimum absolute atomic E-state index is 0.461. The first-order valence-corrected chi connectivity index (χ1v) is 6.31. The molecule has 84 valence electrons. The quantitative estimate of drug-likeness (QED) is 0.861. The van der Waals surface area contributed by atoms with Crippen LogP contribution in [0.5, 0.6) is 0 Å². The molecule has 0 spiro atoms. The first kappa shape index (κ1) is 13.0. The number of benzene rings is 1. The molecule has 0 aliphatic heterocycles. The van der Waals surface area contributed by atoms with Crippen molar-refractivity contribution in [1.82, 2.24) is 0 Å². The molecule has 0 aliphatic carbocycles. The van der Waals surface area contributed by atoms with E-state index in [0.29, 0.717) is 10.9 Å². The van der Waals surface area contributed by atoms with Gasteiger partial charge in [-0.15, -0.1) is 0 Å². The molecule has 1 atom stereocenters. The van der Waals surface area contributed by atoms with E-state index >= 15 is 0 Å². The summed E-state index contributed by atoms with van der Waals surface area (Å²) in [5.41, 5.74) is 0.812. The average molecular weight is 292 g/mol. The molecular weight excluding hydrogens is 275 g/mol. The van der Waals surface area contributed by atoms with E-state index < -0.39 is 6.10 Å². The van der Waals surface area contributed by atoms with Crippen molar-refractivity contribution in [3.8, 4) is 0 Å². The molecule has 0 aromatic heterocycles. The topological polar surface area (TPSA) is 20.2 Å². The van der Waals surface area contributed by atoms with Crippen LogP contribution >= 0.6 is 27.5 Å². The molecule has 0 aliphatic rings. The highest BCUT2D eigenvalue weighted by molar-refractivity contribution is 9.10. The van der Waals surface area contributed by atoms with Gasteiger partial charge in [0.25, 0.3) is 0 Å². The summed E-state index contributed by atoms with van der Waals surface area (Å²) in [4.78, 5) is 0. The Labute approximate surface area is 105 Å². The summed E-state index contributed by atoms with van der Waals surface area (Å²) in [6, 6.07) is 5.56. The monoisotopic (exact) mass is 290 g/mol. The Hall–Kier alpha value is -0.0500. The maximum atomic E-state index is 9.97. The fourth-order valence-corrected chi connectivity index (χ4v) is 2.04. The first-order chi connectivity index (χ1) is 7.00. The Morgan fingerprint density at radius 2 is 2.00 bits per heavy atom. The van der Waals surface area contributed by atoms with E-state index in [1.165, 1.54) is 0 Å². The Morgan fingerprint density at radius 1 is 1.33 bits per heavy atom. The predicted molar refractivity (Wildman–Crippen MR) is 68.2 cm³/mol. The third-order valence-corrected chi connectivity index (χ3v) is 3.17. The van der Waals surface area contributed by atoms with Crippen molar-refractivity contribution in [2.24, 2.45) is 5.92 Å². The molecule has 0 bridgehead atoms. The summed E-state index contributed by atoms with van der Waals surface area (Å²) < 4.78 is 0.950. The van der Waals surface area contributed by atoms with Gasteiger partial charge in [0, 0.05) is 15.1 Å². The van der Waals surface area contributed by atoms with Crippen LogP contribution in [0.3, 0.4) is 0 Å². The number of hydrogen-bond donors (Lipinski definition) is 1. The van der Waals surface area contributed by atoms with Gasteiger partial charge >= 0.3 is 0 Å². The summed E-state index contributed by atoms with van der Waals surface area (Å²) >= 11 is 9.40. The Morgan fingerprint density at radius 3 is 2.60 bits per heavy atom. The second-order valence-electron chi connectivity index (χ2n) is 4.15.